The molecule has 0 aliphatic carbocycles. The number of rotatable bonds is 8. The van der Waals surface area contributed by atoms with Gasteiger partial charge in [0.25, 0.3) is 10.1 Å². The minimum atomic E-state index is -4.23. The van der Waals surface area contributed by atoms with Crippen molar-refractivity contribution < 1.29 is 27.1 Å². The van der Waals surface area contributed by atoms with E-state index in [1.807, 2.05) is 6.92 Å². The lowest BCUT2D eigenvalue weighted by molar-refractivity contribution is -0.438. The Labute approximate surface area is 148 Å². The summed E-state index contributed by atoms with van der Waals surface area (Å²) in [6, 6.07) is 4.55. The topological polar surface area (TPSA) is 83.7 Å². The van der Waals surface area contributed by atoms with Crippen molar-refractivity contribution >= 4 is 33.1 Å². The van der Waals surface area contributed by atoms with Gasteiger partial charge in [0.2, 0.25) is 5.69 Å². The molecule has 25 heavy (non-hydrogen) atoms. The first-order valence-electron chi connectivity index (χ1n) is 8.33. The van der Waals surface area contributed by atoms with E-state index in [4.69, 9.17) is 4.74 Å². The van der Waals surface area contributed by atoms with E-state index < -0.39 is 10.1 Å². The Bertz CT molecular complexity index is 824. The molecule has 1 aromatic rings. The van der Waals surface area contributed by atoms with Gasteiger partial charge >= 0.3 is 5.97 Å². The van der Waals surface area contributed by atoms with Crippen molar-refractivity contribution in [3.8, 4) is 0 Å². The second-order valence-electron chi connectivity index (χ2n) is 5.99. The van der Waals surface area contributed by atoms with Crippen molar-refractivity contribution in [2.24, 2.45) is 0 Å². The highest BCUT2D eigenvalue weighted by Crippen LogP contribution is 2.35. The van der Waals surface area contributed by atoms with Gasteiger partial charge in [0.15, 0.2) is 5.71 Å². The van der Waals surface area contributed by atoms with Crippen LogP contribution in [0.25, 0.3) is 5.57 Å². The molecular weight excluding hydrogens is 342 g/mol. The minimum Gasteiger partial charge on any atom is -0.466 e. The molecule has 1 N–H and O–H groups in total. The number of benzene rings is 1. The zero-order valence-electron chi connectivity index (χ0n) is 14.6. The van der Waals surface area contributed by atoms with Gasteiger partial charge in [0.1, 0.15) is 6.54 Å². The lowest BCUT2D eigenvalue weighted by Gasteiger charge is -2.04. The number of hydrogen-bond acceptors (Lipinski definition) is 4. The molecule has 0 fully saturated rings. The summed E-state index contributed by atoms with van der Waals surface area (Å²) in [5.74, 6) is -0.164. The number of carbonyl (C=O) groups excluding carboxylic acids is 1. The summed E-state index contributed by atoms with van der Waals surface area (Å²) < 4.78 is 38.8. The standard InChI is InChI=1S/C18H23NO5S/c1-4-24-18(20)8-6-5-7-11-19-14(3)13(2)16-12-15(25(21,22)23)9-10-17(16)19/h9-10,12H,2,4-8,11H2,1,3H3/p+1. The van der Waals surface area contributed by atoms with Gasteiger partial charge in [-0.15, -0.1) is 0 Å². The van der Waals surface area contributed by atoms with Gasteiger partial charge in [-0.1, -0.05) is 6.58 Å². The molecule has 6 nitrogen and oxygen atoms in total. The first-order valence-corrected chi connectivity index (χ1v) is 9.77. The number of nitrogens with zero attached hydrogens (tertiary/aromatic N) is 1. The van der Waals surface area contributed by atoms with Crippen molar-refractivity contribution in [1.29, 1.82) is 0 Å². The van der Waals surface area contributed by atoms with Crippen LogP contribution in [0.15, 0.2) is 29.7 Å². The van der Waals surface area contributed by atoms with E-state index in [0.29, 0.717) is 13.0 Å². The molecule has 0 aromatic heterocycles. The summed E-state index contributed by atoms with van der Waals surface area (Å²) in [4.78, 5) is 11.2. The number of carbonyl (C=O) groups is 1. The molecule has 0 saturated carbocycles. The zero-order valence-corrected chi connectivity index (χ0v) is 15.4. The Morgan fingerprint density at radius 1 is 1.28 bits per heavy atom. The molecule has 0 spiro atoms. The maximum absolute atomic E-state index is 11.3. The van der Waals surface area contributed by atoms with Gasteiger partial charge in [0, 0.05) is 31.4 Å². The molecule has 1 aliphatic rings. The van der Waals surface area contributed by atoms with Crippen LogP contribution in [0.1, 0.15) is 45.1 Å². The maximum Gasteiger partial charge on any atom is 0.305 e. The fourth-order valence-electron chi connectivity index (χ4n) is 2.93. The Morgan fingerprint density at radius 2 is 2.00 bits per heavy atom. The van der Waals surface area contributed by atoms with Gasteiger partial charge in [-0.05, 0) is 31.9 Å². The fourth-order valence-corrected chi connectivity index (χ4v) is 3.44. The summed E-state index contributed by atoms with van der Waals surface area (Å²) in [7, 11) is -4.23. The van der Waals surface area contributed by atoms with Crippen LogP contribution in [0, 0.1) is 0 Å². The van der Waals surface area contributed by atoms with Crippen LogP contribution < -0.4 is 0 Å². The van der Waals surface area contributed by atoms with Crippen molar-refractivity contribution in [3.05, 3.63) is 30.3 Å². The lowest BCUT2D eigenvalue weighted by Crippen LogP contribution is -2.11. The zero-order chi connectivity index (χ0) is 18.6. The summed E-state index contributed by atoms with van der Waals surface area (Å²) >= 11 is 0. The molecule has 1 aromatic carbocycles. The summed E-state index contributed by atoms with van der Waals surface area (Å²) in [5.41, 5.74) is 3.33. The Balaban J connectivity index is 2.01. The van der Waals surface area contributed by atoms with Gasteiger partial charge in [-0.25, -0.2) is 0 Å². The first-order chi connectivity index (χ1) is 11.8. The number of unbranched alkanes of at least 4 members (excludes halogenated alkanes) is 2. The maximum atomic E-state index is 11.3. The van der Waals surface area contributed by atoms with Crippen LogP contribution in [0.4, 0.5) is 5.69 Å². The van der Waals surface area contributed by atoms with Crippen molar-refractivity contribution in [2.75, 3.05) is 13.2 Å². The number of ether oxygens (including phenoxy) is 1. The van der Waals surface area contributed by atoms with Crippen molar-refractivity contribution in [3.63, 3.8) is 0 Å². The second kappa shape index (κ2) is 7.93. The molecule has 1 aliphatic heterocycles. The molecule has 0 atom stereocenters. The number of fused-ring (bicyclic) bond motifs is 1. The highest BCUT2D eigenvalue weighted by Gasteiger charge is 2.31. The molecule has 0 saturated heterocycles. The second-order valence-corrected chi connectivity index (χ2v) is 7.41. The van der Waals surface area contributed by atoms with Crippen LogP contribution in [0.3, 0.4) is 0 Å². The summed E-state index contributed by atoms with van der Waals surface area (Å²) in [6.45, 7) is 8.92. The Hall–Kier alpha value is -1.99. The average Bonchev–Trinajstić information content (AvgIpc) is 2.78. The number of esters is 1. The minimum absolute atomic E-state index is 0.128. The highest BCUT2D eigenvalue weighted by atomic mass is 32.2. The fraction of sp³-hybridized carbons (Fsp3) is 0.444. The average molecular weight is 366 g/mol. The first kappa shape index (κ1) is 19.3. The molecule has 2 rings (SSSR count). The van der Waals surface area contributed by atoms with Crippen LogP contribution in [0.5, 0.6) is 0 Å². The molecule has 0 unspecified atom stereocenters. The van der Waals surface area contributed by atoms with Gasteiger partial charge in [0.05, 0.1) is 17.1 Å². The molecule has 7 heteroatoms. The number of allylic oxidation sites excluding steroid dienone is 1. The van der Waals surface area contributed by atoms with E-state index in [1.54, 1.807) is 13.0 Å². The third-order valence-electron chi connectivity index (χ3n) is 4.29. The van der Waals surface area contributed by atoms with E-state index in [9.17, 15) is 17.8 Å². The molecule has 0 amide bonds. The quantitative estimate of drug-likeness (QED) is 0.331. The third-order valence-corrected chi connectivity index (χ3v) is 5.14. The largest absolute Gasteiger partial charge is 0.466 e. The van der Waals surface area contributed by atoms with E-state index in [0.717, 1.165) is 48.3 Å². The highest BCUT2D eigenvalue weighted by molar-refractivity contribution is 7.85. The summed E-state index contributed by atoms with van der Waals surface area (Å²) in [6.07, 6.45) is 3.00. The van der Waals surface area contributed by atoms with Crippen molar-refractivity contribution in [2.45, 2.75) is 44.4 Å². The smallest absolute Gasteiger partial charge is 0.305 e. The molecule has 0 radical (unpaired) electrons. The van der Waals surface area contributed by atoms with Gasteiger partial charge in [-0.2, -0.15) is 13.0 Å². The predicted molar refractivity (Wildman–Crippen MR) is 95.9 cm³/mol. The molecule has 0 bridgehead atoms. The molecular formula is C18H24NO5S+. The van der Waals surface area contributed by atoms with Crippen LogP contribution in [-0.2, 0) is 19.6 Å². The van der Waals surface area contributed by atoms with Crippen molar-refractivity contribution in [1.82, 2.24) is 0 Å². The van der Waals surface area contributed by atoms with Crippen LogP contribution in [-0.4, -0.2) is 42.4 Å². The Morgan fingerprint density at radius 3 is 2.64 bits per heavy atom. The van der Waals surface area contributed by atoms with E-state index >= 15 is 0 Å². The SMILES string of the molecule is C=C1C(C)=[N+](CCCCCC(=O)OCC)c2ccc(S(=O)(=O)O)cc21. The lowest BCUT2D eigenvalue weighted by atomic mass is 10.1. The van der Waals surface area contributed by atoms with E-state index in [-0.39, 0.29) is 10.9 Å². The van der Waals surface area contributed by atoms with Gasteiger partial charge < -0.3 is 4.74 Å². The number of hydrogen-bond donors (Lipinski definition) is 1. The van der Waals surface area contributed by atoms with E-state index in [1.165, 1.54) is 12.1 Å². The van der Waals surface area contributed by atoms with Crippen LogP contribution >= 0.6 is 0 Å². The molecule has 136 valence electrons. The predicted octanol–water partition coefficient (Wildman–Crippen LogP) is 3.19. The van der Waals surface area contributed by atoms with Gasteiger partial charge in [-0.3, -0.25) is 9.35 Å². The Kier molecular flexibility index (Phi) is 6.13. The summed E-state index contributed by atoms with van der Waals surface area (Å²) in [5, 5.41) is 0. The normalized spacial score (nSPS) is 14.0. The van der Waals surface area contributed by atoms with Crippen LogP contribution in [0.2, 0.25) is 0 Å². The van der Waals surface area contributed by atoms with E-state index in [2.05, 4.69) is 11.2 Å². The molecule has 1 heterocycles. The third kappa shape index (κ3) is 4.55. The monoisotopic (exact) mass is 366 g/mol.